The number of ether oxygens (including phenoxy) is 1. The molecule has 0 bridgehead atoms. The number of nitro benzene ring substituents is 1. The molecule has 0 saturated heterocycles. The summed E-state index contributed by atoms with van der Waals surface area (Å²) in [6, 6.07) is 15.7. The summed E-state index contributed by atoms with van der Waals surface area (Å²) >= 11 is 0. The van der Waals surface area contributed by atoms with Crippen molar-refractivity contribution >= 4 is 33.3 Å². The molecule has 160 valence electrons. The van der Waals surface area contributed by atoms with Crippen molar-refractivity contribution in [2.45, 2.75) is 4.90 Å². The largest absolute Gasteiger partial charge is 0.508 e. The first kappa shape index (κ1) is 21.6. The highest BCUT2D eigenvalue weighted by atomic mass is 32.2. The van der Waals surface area contributed by atoms with Crippen LogP contribution in [-0.4, -0.2) is 31.8 Å². The lowest BCUT2D eigenvalue weighted by Gasteiger charge is -2.12. The summed E-state index contributed by atoms with van der Waals surface area (Å²) in [5.74, 6) is 0.641. The van der Waals surface area contributed by atoms with Gasteiger partial charge in [-0.1, -0.05) is 0 Å². The Hall–Kier alpha value is -4.12. The number of nitrogens with one attached hydrogen (secondary N) is 2. The van der Waals surface area contributed by atoms with E-state index in [0.717, 1.165) is 6.07 Å². The maximum absolute atomic E-state index is 12.9. The monoisotopic (exact) mass is 442 g/mol. The number of benzene rings is 3. The van der Waals surface area contributed by atoms with E-state index in [0.29, 0.717) is 11.3 Å². The van der Waals surface area contributed by atoms with Crippen molar-refractivity contribution in [2.24, 2.45) is 5.10 Å². The van der Waals surface area contributed by atoms with Gasteiger partial charge in [0.05, 0.1) is 23.9 Å². The van der Waals surface area contributed by atoms with Gasteiger partial charge in [-0.15, -0.1) is 0 Å². The minimum absolute atomic E-state index is 0.0432. The van der Waals surface area contributed by atoms with Crippen LogP contribution in [0.25, 0.3) is 0 Å². The maximum Gasteiger partial charge on any atom is 0.270 e. The third-order valence-corrected chi connectivity index (χ3v) is 5.52. The van der Waals surface area contributed by atoms with E-state index in [1.165, 1.54) is 49.7 Å². The number of nitro groups is 1. The molecule has 0 fully saturated rings. The van der Waals surface area contributed by atoms with Crippen LogP contribution < -0.4 is 14.9 Å². The predicted molar refractivity (Wildman–Crippen MR) is 116 cm³/mol. The lowest BCUT2D eigenvalue weighted by atomic mass is 10.2. The van der Waals surface area contributed by atoms with Gasteiger partial charge >= 0.3 is 0 Å². The smallest absolute Gasteiger partial charge is 0.270 e. The number of sulfonamides is 1. The average Bonchev–Trinajstić information content (AvgIpc) is 2.75. The lowest BCUT2D eigenvalue weighted by molar-refractivity contribution is -0.385. The predicted octanol–water partition coefficient (Wildman–Crippen LogP) is 3.56. The van der Waals surface area contributed by atoms with Crippen LogP contribution in [0, 0.1) is 10.1 Å². The summed E-state index contributed by atoms with van der Waals surface area (Å²) < 4.78 is 33.3. The van der Waals surface area contributed by atoms with Gasteiger partial charge in [-0.3, -0.25) is 20.3 Å². The number of aromatic hydroxyl groups is 1. The molecular weight excluding hydrogens is 424 g/mol. The van der Waals surface area contributed by atoms with Crippen molar-refractivity contribution in [1.82, 2.24) is 0 Å². The van der Waals surface area contributed by atoms with E-state index in [1.807, 2.05) is 0 Å². The van der Waals surface area contributed by atoms with Crippen LogP contribution >= 0.6 is 0 Å². The quantitative estimate of drug-likeness (QED) is 0.275. The Morgan fingerprint density at radius 1 is 1.06 bits per heavy atom. The van der Waals surface area contributed by atoms with Gasteiger partial charge in [0.15, 0.2) is 0 Å². The number of methoxy groups -OCH3 is 1. The Morgan fingerprint density at radius 3 is 2.35 bits per heavy atom. The molecule has 3 rings (SSSR count). The van der Waals surface area contributed by atoms with Gasteiger partial charge in [-0.05, 0) is 60.2 Å². The molecule has 31 heavy (non-hydrogen) atoms. The maximum atomic E-state index is 12.9. The van der Waals surface area contributed by atoms with Crippen molar-refractivity contribution in [2.75, 3.05) is 17.3 Å². The van der Waals surface area contributed by atoms with Crippen molar-refractivity contribution in [3.63, 3.8) is 0 Å². The Labute approximate surface area is 178 Å². The molecule has 3 N–H and O–H groups in total. The van der Waals surface area contributed by atoms with Gasteiger partial charge in [-0.2, -0.15) is 5.10 Å². The van der Waals surface area contributed by atoms with Gasteiger partial charge in [0.25, 0.3) is 15.7 Å². The van der Waals surface area contributed by atoms with Gasteiger partial charge < -0.3 is 9.84 Å². The van der Waals surface area contributed by atoms with Crippen molar-refractivity contribution < 1.29 is 23.2 Å². The van der Waals surface area contributed by atoms with E-state index >= 15 is 0 Å². The van der Waals surface area contributed by atoms with E-state index in [1.54, 1.807) is 24.3 Å². The molecule has 0 aliphatic rings. The molecule has 0 heterocycles. The third kappa shape index (κ3) is 5.48. The molecule has 10 nitrogen and oxygen atoms in total. The summed E-state index contributed by atoms with van der Waals surface area (Å²) in [6.07, 6.45) is 1.41. The molecule has 3 aromatic carbocycles. The van der Waals surface area contributed by atoms with Crippen LogP contribution in [0.2, 0.25) is 0 Å². The zero-order valence-electron chi connectivity index (χ0n) is 16.2. The molecular formula is C20H18N4O6S. The molecule has 0 radical (unpaired) electrons. The lowest BCUT2D eigenvalue weighted by Crippen LogP contribution is -2.15. The van der Waals surface area contributed by atoms with Gasteiger partial charge in [0, 0.05) is 17.8 Å². The normalized spacial score (nSPS) is 11.3. The highest BCUT2D eigenvalue weighted by molar-refractivity contribution is 7.92. The van der Waals surface area contributed by atoms with Gasteiger partial charge in [-0.25, -0.2) is 8.42 Å². The first-order valence-corrected chi connectivity index (χ1v) is 10.3. The number of hydrogen-bond acceptors (Lipinski definition) is 8. The number of nitrogens with zero attached hydrogens (tertiary/aromatic N) is 2. The number of phenols is 1. The van der Waals surface area contributed by atoms with Crippen LogP contribution in [0.3, 0.4) is 0 Å². The molecule has 0 saturated carbocycles. The summed E-state index contributed by atoms with van der Waals surface area (Å²) in [5.41, 5.74) is 3.16. The summed E-state index contributed by atoms with van der Waals surface area (Å²) in [7, 11) is -2.70. The fourth-order valence-corrected chi connectivity index (χ4v) is 3.78. The minimum Gasteiger partial charge on any atom is -0.508 e. The van der Waals surface area contributed by atoms with Crippen LogP contribution in [0.1, 0.15) is 5.56 Å². The summed E-state index contributed by atoms with van der Waals surface area (Å²) in [5, 5.41) is 24.4. The van der Waals surface area contributed by atoms with Crippen molar-refractivity contribution in [1.29, 1.82) is 0 Å². The van der Waals surface area contributed by atoms with E-state index in [4.69, 9.17) is 4.74 Å². The zero-order chi connectivity index (χ0) is 22.4. The molecule has 0 spiro atoms. The first-order valence-electron chi connectivity index (χ1n) is 8.82. The number of hydrazone groups is 1. The molecule has 3 aromatic rings. The number of phenolic OH excluding ortho intramolecular Hbond substituents is 1. The second kappa shape index (κ2) is 9.13. The van der Waals surface area contributed by atoms with E-state index in [2.05, 4.69) is 15.2 Å². The standard InChI is InChI=1S/C20H18N4O6S/c1-30-18-9-4-15(5-10-18)23-31(28,29)20-12-16(24(26)27)6-11-19(20)22-21-13-14-2-7-17(25)8-3-14/h2-13,22-23,25H,1H3/b21-13+. The second-order valence-electron chi connectivity index (χ2n) is 6.23. The highest BCUT2D eigenvalue weighted by Crippen LogP contribution is 2.28. The van der Waals surface area contributed by atoms with Crippen molar-refractivity contribution in [3.05, 3.63) is 82.4 Å². The fourth-order valence-electron chi connectivity index (χ4n) is 2.55. The second-order valence-corrected chi connectivity index (χ2v) is 7.88. The Kier molecular flexibility index (Phi) is 6.36. The van der Waals surface area contributed by atoms with Crippen LogP contribution in [0.5, 0.6) is 11.5 Å². The van der Waals surface area contributed by atoms with E-state index < -0.39 is 14.9 Å². The first-order chi connectivity index (χ1) is 14.8. The zero-order valence-corrected chi connectivity index (χ0v) is 17.0. The van der Waals surface area contributed by atoms with Gasteiger partial charge in [0.2, 0.25) is 0 Å². The fraction of sp³-hybridized carbons (Fsp3) is 0.0500. The number of hydrogen-bond donors (Lipinski definition) is 3. The molecule has 0 amide bonds. The topological polar surface area (TPSA) is 143 Å². The Balaban J connectivity index is 1.91. The number of anilines is 2. The Morgan fingerprint density at radius 2 is 1.74 bits per heavy atom. The van der Waals surface area contributed by atoms with Crippen LogP contribution in [0.4, 0.5) is 17.1 Å². The summed E-state index contributed by atoms with van der Waals surface area (Å²) in [6.45, 7) is 0. The molecule has 0 atom stereocenters. The molecule has 0 aromatic heterocycles. The molecule has 0 aliphatic heterocycles. The van der Waals surface area contributed by atoms with Crippen molar-refractivity contribution in [3.8, 4) is 11.5 Å². The number of non-ortho nitro benzene ring substituents is 1. The SMILES string of the molecule is COc1ccc(NS(=O)(=O)c2cc([N+](=O)[O-])ccc2N/N=C/c2ccc(O)cc2)cc1. The van der Waals surface area contributed by atoms with Gasteiger partial charge in [0.1, 0.15) is 16.4 Å². The van der Waals surface area contributed by atoms with E-state index in [9.17, 15) is 23.6 Å². The van der Waals surface area contributed by atoms with Crippen LogP contribution in [-0.2, 0) is 10.0 Å². The average molecular weight is 442 g/mol. The summed E-state index contributed by atoms with van der Waals surface area (Å²) in [4.78, 5) is 10.1. The minimum atomic E-state index is -4.18. The van der Waals surface area contributed by atoms with Crippen LogP contribution in [0.15, 0.2) is 76.7 Å². The number of rotatable bonds is 8. The molecule has 0 aliphatic carbocycles. The molecule has 11 heteroatoms. The van der Waals surface area contributed by atoms with E-state index in [-0.39, 0.29) is 27.7 Å². The highest BCUT2D eigenvalue weighted by Gasteiger charge is 2.22. The molecule has 0 unspecified atom stereocenters. The third-order valence-electron chi connectivity index (χ3n) is 4.10. The Bertz CT molecular complexity index is 1210.